The minimum absolute atomic E-state index is 0.161. The number of carbonyl (C=O) groups is 2. The lowest BCUT2D eigenvalue weighted by Crippen LogP contribution is -2.40. The van der Waals surface area contributed by atoms with E-state index in [1.807, 2.05) is 0 Å². The Hall–Kier alpha value is -2.55. The van der Waals surface area contributed by atoms with Crippen LogP contribution >= 0.6 is 15.9 Å². The van der Waals surface area contributed by atoms with Gasteiger partial charge in [0.25, 0.3) is 11.8 Å². The third-order valence-electron chi connectivity index (χ3n) is 4.05. The summed E-state index contributed by atoms with van der Waals surface area (Å²) >= 11 is 3.27. The zero-order valence-electron chi connectivity index (χ0n) is 13.3. The average molecular weight is 446 g/mol. The molecule has 0 aliphatic carbocycles. The molecular weight excluding hydrogens is 437 g/mol. The molecule has 0 bridgehead atoms. The molecule has 3 nitrogen and oxygen atoms in total. The molecule has 2 aromatic rings. The van der Waals surface area contributed by atoms with E-state index in [0.717, 1.165) is 10.5 Å². The second-order valence-corrected chi connectivity index (χ2v) is 6.58. The van der Waals surface area contributed by atoms with Gasteiger partial charge < -0.3 is 0 Å². The van der Waals surface area contributed by atoms with E-state index >= 15 is 0 Å². The van der Waals surface area contributed by atoms with Crippen molar-refractivity contribution >= 4 is 33.3 Å². The van der Waals surface area contributed by atoms with Crippen molar-refractivity contribution in [3.8, 4) is 0 Å². The van der Waals surface area contributed by atoms with Crippen molar-refractivity contribution in [3.05, 3.63) is 75.0 Å². The minimum Gasteiger partial charge on any atom is -0.274 e. The Bertz CT molecular complexity index is 959. The smallest absolute Gasteiger partial charge is 0.266 e. The van der Waals surface area contributed by atoms with Crippen LogP contribution in [0.25, 0.3) is 5.57 Å². The number of rotatable bonds is 2. The number of amides is 2. The van der Waals surface area contributed by atoms with Crippen LogP contribution in [0.4, 0.5) is 22.0 Å². The number of halogens is 6. The van der Waals surface area contributed by atoms with Crippen LogP contribution in [-0.2, 0) is 4.79 Å². The molecule has 2 aromatic carbocycles. The van der Waals surface area contributed by atoms with Crippen LogP contribution in [0.3, 0.4) is 0 Å². The van der Waals surface area contributed by atoms with Gasteiger partial charge >= 0.3 is 0 Å². The fourth-order valence-corrected chi connectivity index (χ4v) is 2.93. The largest absolute Gasteiger partial charge is 0.274 e. The molecular formula is C18H9BrF5NO2. The molecule has 0 N–H and O–H groups in total. The van der Waals surface area contributed by atoms with Gasteiger partial charge in [0.2, 0.25) is 5.82 Å². The maximum Gasteiger partial charge on any atom is 0.266 e. The van der Waals surface area contributed by atoms with Gasteiger partial charge in [-0.2, -0.15) is 0 Å². The molecule has 1 heterocycles. The van der Waals surface area contributed by atoms with E-state index in [9.17, 15) is 31.5 Å². The van der Waals surface area contributed by atoms with Gasteiger partial charge in [-0.15, -0.1) is 0 Å². The number of hydrogen-bond donors (Lipinski definition) is 0. The molecule has 0 spiro atoms. The molecule has 0 saturated carbocycles. The van der Waals surface area contributed by atoms with Gasteiger partial charge in [-0.1, -0.05) is 28.1 Å². The van der Waals surface area contributed by atoms with Gasteiger partial charge in [0.1, 0.15) is 5.56 Å². The summed E-state index contributed by atoms with van der Waals surface area (Å²) in [6, 6.07) is 6.94. The summed E-state index contributed by atoms with van der Waals surface area (Å²) < 4.78 is 68.2. The zero-order chi connectivity index (χ0) is 19.9. The van der Waals surface area contributed by atoms with Crippen LogP contribution in [0.15, 0.2) is 34.8 Å². The third kappa shape index (κ3) is 3.39. The first kappa shape index (κ1) is 19.2. The summed E-state index contributed by atoms with van der Waals surface area (Å²) in [5, 5.41) is 0. The van der Waals surface area contributed by atoms with Gasteiger partial charge in [-0.05, 0) is 29.7 Å². The monoisotopic (exact) mass is 445 g/mol. The third-order valence-corrected chi connectivity index (χ3v) is 4.58. The normalized spacial score (nSPS) is 14.4. The van der Waals surface area contributed by atoms with Crippen molar-refractivity contribution < 1.29 is 31.5 Å². The number of benzene rings is 2. The Morgan fingerprint density at radius 2 is 1.41 bits per heavy atom. The van der Waals surface area contributed by atoms with Crippen LogP contribution in [0.2, 0.25) is 0 Å². The molecule has 9 heteroatoms. The maximum atomic E-state index is 13.8. The standard InChI is InChI=1S/C18H9BrF5NO2/c19-10-3-1-8(2-4-10)9-5-6-25(11(26)7-9)18(27)12-13(20)15(22)17(24)16(23)14(12)21/h1-4,7H,5-6H2. The zero-order valence-corrected chi connectivity index (χ0v) is 14.9. The Morgan fingerprint density at radius 3 is 1.93 bits per heavy atom. The summed E-state index contributed by atoms with van der Waals surface area (Å²) in [6.45, 7) is -0.265. The summed E-state index contributed by atoms with van der Waals surface area (Å²) in [7, 11) is 0. The molecule has 3 rings (SSSR count). The van der Waals surface area contributed by atoms with Crippen LogP contribution in [0.1, 0.15) is 22.3 Å². The number of carbonyl (C=O) groups excluding carboxylic acids is 2. The first-order valence-corrected chi connectivity index (χ1v) is 8.35. The molecule has 0 fully saturated rings. The van der Waals surface area contributed by atoms with Crippen LogP contribution in [-0.4, -0.2) is 23.3 Å². The lowest BCUT2D eigenvalue weighted by atomic mass is 9.98. The van der Waals surface area contributed by atoms with Gasteiger partial charge in [0.05, 0.1) is 0 Å². The summed E-state index contributed by atoms with van der Waals surface area (Å²) in [5.41, 5.74) is -0.371. The van der Waals surface area contributed by atoms with Crippen LogP contribution in [0, 0.1) is 29.1 Å². The minimum atomic E-state index is -2.37. The van der Waals surface area contributed by atoms with Crippen molar-refractivity contribution in [1.29, 1.82) is 0 Å². The summed E-state index contributed by atoms with van der Waals surface area (Å²) in [6.07, 6.45) is 1.26. The summed E-state index contributed by atoms with van der Waals surface area (Å²) in [5.74, 6) is -13.9. The molecule has 0 aromatic heterocycles. The first-order chi connectivity index (χ1) is 12.7. The van der Waals surface area contributed by atoms with Crippen molar-refractivity contribution in [3.63, 3.8) is 0 Å². The van der Waals surface area contributed by atoms with E-state index in [1.165, 1.54) is 0 Å². The van der Waals surface area contributed by atoms with Crippen molar-refractivity contribution in [1.82, 2.24) is 4.90 Å². The lowest BCUT2D eigenvalue weighted by molar-refractivity contribution is -0.123. The molecule has 27 heavy (non-hydrogen) atoms. The second-order valence-electron chi connectivity index (χ2n) is 5.67. The van der Waals surface area contributed by atoms with Crippen LogP contribution in [0.5, 0.6) is 0 Å². The highest BCUT2D eigenvalue weighted by Gasteiger charge is 2.35. The molecule has 0 radical (unpaired) electrons. The van der Waals surface area contributed by atoms with E-state index in [1.54, 1.807) is 24.3 Å². The predicted octanol–water partition coefficient (Wildman–Crippen LogP) is 4.60. The van der Waals surface area contributed by atoms with Crippen molar-refractivity contribution in [2.75, 3.05) is 6.54 Å². The summed E-state index contributed by atoms with van der Waals surface area (Å²) in [4.78, 5) is 25.0. The molecule has 1 aliphatic rings. The molecule has 1 aliphatic heterocycles. The SMILES string of the molecule is O=C1C=C(c2ccc(Br)cc2)CCN1C(=O)c1c(F)c(F)c(F)c(F)c1F. The average Bonchev–Trinajstić information content (AvgIpc) is 2.65. The predicted molar refractivity (Wildman–Crippen MR) is 89.0 cm³/mol. The Labute approximate surface area is 158 Å². The first-order valence-electron chi connectivity index (χ1n) is 7.56. The highest BCUT2D eigenvalue weighted by Crippen LogP contribution is 2.28. The highest BCUT2D eigenvalue weighted by molar-refractivity contribution is 9.10. The van der Waals surface area contributed by atoms with Gasteiger partial charge in [-0.3, -0.25) is 14.5 Å². The van der Waals surface area contributed by atoms with E-state index in [4.69, 9.17) is 0 Å². The molecule has 0 atom stereocenters. The molecule has 0 unspecified atom stereocenters. The fraction of sp³-hybridized carbons (Fsp3) is 0.111. The van der Waals surface area contributed by atoms with Gasteiger partial charge in [-0.25, -0.2) is 22.0 Å². The topological polar surface area (TPSA) is 37.4 Å². The Balaban J connectivity index is 1.94. The van der Waals surface area contributed by atoms with E-state index in [0.29, 0.717) is 16.0 Å². The van der Waals surface area contributed by atoms with E-state index in [2.05, 4.69) is 15.9 Å². The quantitative estimate of drug-likeness (QED) is 0.293. The number of hydrogen-bond acceptors (Lipinski definition) is 2. The second kappa shape index (κ2) is 7.22. The fourth-order valence-electron chi connectivity index (χ4n) is 2.66. The van der Waals surface area contributed by atoms with Crippen molar-refractivity contribution in [2.24, 2.45) is 0 Å². The Kier molecular flexibility index (Phi) is 5.14. The van der Waals surface area contributed by atoms with Gasteiger partial charge in [0, 0.05) is 17.1 Å². The van der Waals surface area contributed by atoms with Crippen LogP contribution < -0.4 is 0 Å². The van der Waals surface area contributed by atoms with E-state index < -0.39 is 46.5 Å². The maximum absolute atomic E-state index is 13.8. The van der Waals surface area contributed by atoms with Gasteiger partial charge in [0.15, 0.2) is 23.3 Å². The molecule has 2 amide bonds. The lowest BCUT2D eigenvalue weighted by Gasteiger charge is -2.25. The Morgan fingerprint density at radius 1 is 0.889 bits per heavy atom. The number of nitrogens with zero attached hydrogens (tertiary/aromatic N) is 1. The molecule has 0 saturated heterocycles. The van der Waals surface area contributed by atoms with E-state index in [-0.39, 0.29) is 13.0 Å². The number of imide groups is 1. The van der Waals surface area contributed by atoms with Crippen molar-refractivity contribution in [2.45, 2.75) is 6.42 Å². The highest BCUT2D eigenvalue weighted by atomic mass is 79.9. The molecule has 140 valence electrons.